The third-order valence-corrected chi connectivity index (χ3v) is 4.18. The molecule has 0 amide bonds. The molecule has 3 rings (SSSR count). The van der Waals surface area contributed by atoms with Crippen LogP contribution in [0.15, 0.2) is 29.8 Å². The Morgan fingerprint density at radius 3 is 3.00 bits per heavy atom. The molecule has 2 aromatic heterocycles. The highest BCUT2D eigenvalue weighted by Gasteiger charge is 2.21. The van der Waals surface area contributed by atoms with Gasteiger partial charge in [-0.1, -0.05) is 13.0 Å². The van der Waals surface area contributed by atoms with E-state index in [-0.39, 0.29) is 6.04 Å². The van der Waals surface area contributed by atoms with E-state index < -0.39 is 0 Å². The van der Waals surface area contributed by atoms with Crippen LogP contribution in [-0.4, -0.2) is 14.5 Å². The summed E-state index contributed by atoms with van der Waals surface area (Å²) < 4.78 is 1.97. The van der Waals surface area contributed by atoms with E-state index in [0.717, 1.165) is 16.9 Å². The van der Waals surface area contributed by atoms with Crippen molar-refractivity contribution >= 4 is 28.3 Å². The standard InChI is InChI=1S/C14H13N5S/c1-2-10(13-17-6-7-20-13)19-11-5-3-4-9(8-15)12(11)18-14(19)16/h3-7,10H,2H2,1H3,(H2,16,18). The van der Waals surface area contributed by atoms with E-state index in [1.165, 1.54) is 0 Å². The van der Waals surface area contributed by atoms with Gasteiger partial charge in [0.05, 0.1) is 17.1 Å². The first-order valence-electron chi connectivity index (χ1n) is 6.32. The van der Waals surface area contributed by atoms with E-state index in [0.29, 0.717) is 17.0 Å². The Kier molecular flexibility index (Phi) is 3.12. The van der Waals surface area contributed by atoms with Gasteiger partial charge in [-0.05, 0) is 18.6 Å². The number of nitrogens with zero attached hydrogens (tertiary/aromatic N) is 4. The quantitative estimate of drug-likeness (QED) is 0.801. The summed E-state index contributed by atoms with van der Waals surface area (Å²) in [6, 6.07) is 7.76. The monoisotopic (exact) mass is 283 g/mol. The van der Waals surface area contributed by atoms with Crippen molar-refractivity contribution in [3.63, 3.8) is 0 Å². The maximum atomic E-state index is 9.17. The van der Waals surface area contributed by atoms with Crippen molar-refractivity contribution < 1.29 is 0 Å². The van der Waals surface area contributed by atoms with Crippen LogP contribution >= 0.6 is 11.3 Å². The Morgan fingerprint density at radius 1 is 1.50 bits per heavy atom. The maximum Gasteiger partial charge on any atom is 0.201 e. The van der Waals surface area contributed by atoms with Gasteiger partial charge < -0.3 is 10.3 Å². The minimum absolute atomic E-state index is 0.0499. The second kappa shape index (κ2) is 4.94. The largest absolute Gasteiger partial charge is 0.369 e. The zero-order valence-electron chi connectivity index (χ0n) is 10.9. The minimum Gasteiger partial charge on any atom is -0.369 e. The molecule has 3 aromatic rings. The lowest BCUT2D eigenvalue weighted by Gasteiger charge is -2.16. The lowest BCUT2D eigenvalue weighted by molar-refractivity contribution is 0.585. The summed E-state index contributed by atoms with van der Waals surface area (Å²) in [7, 11) is 0. The zero-order valence-corrected chi connectivity index (χ0v) is 11.8. The average molecular weight is 283 g/mol. The van der Waals surface area contributed by atoms with Gasteiger partial charge in [-0.25, -0.2) is 9.97 Å². The summed E-state index contributed by atoms with van der Waals surface area (Å²) in [5.74, 6) is 0.421. The fourth-order valence-electron chi connectivity index (χ4n) is 2.42. The zero-order chi connectivity index (χ0) is 14.1. The molecule has 1 aromatic carbocycles. The molecule has 1 unspecified atom stereocenters. The summed E-state index contributed by atoms with van der Waals surface area (Å²) in [4.78, 5) is 8.74. The molecule has 0 aliphatic carbocycles. The molecule has 100 valence electrons. The molecule has 0 bridgehead atoms. The number of nitrogen functional groups attached to an aromatic ring is 1. The van der Waals surface area contributed by atoms with Gasteiger partial charge in [-0.2, -0.15) is 5.26 Å². The first-order chi connectivity index (χ1) is 9.76. The minimum atomic E-state index is 0.0499. The summed E-state index contributed by atoms with van der Waals surface area (Å²) in [6.07, 6.45) is 2.65. The van der Waals surface area contributed by atoms with Crippen LogP contribution in [-0.2, 0) is 0 Å². The number of hydrogen-bond donors (Lipinski definition) is 1. The lowest BCUT2D eigenvalue weighted by atomic mass is 10.2. The highest BCUT2D eigenvalue weighted by atomic mass is 32.1. The van der Waals surface area contributed by atoms with Crippen molar-refractivity contribution in [2.75, 3.05) is 5.73 Å². The predicted molar refractivity (Wildman–Crippen MR) is 79.4 cm³/mol. The van der Waals surface area contributed by atoms with Crippen molar-refractivity contribution in [1.29, 1.82) is 5.26 Å². The number of hydrogen-bond acceptors (Lipinski definition) is 5. The fraction of sp³-hybridized carbons (Fsp3) is 0.214. The van der Waals surface area contributed by atoms with Crippen molar-refractivity contribution in [1.82, 2.24) is 14.5 Å². The normalized spacial score (nSPS) is 12.4. The van der Waals surface area contributed by atoms with Crippen LogP contribution in [0.25, 0.3) is 11.0 Å². The molecule has 0 fully saturated rings. The Morgan fingerprint density at radius 2 is 2.35 bits per heavy atom. The number of imidazole rings is 1. The molecule has 0 aliphatic rings. The van der Waals surface area contributed by atoms with Crippen LogP contribution in [0, 0.1) is 11.3 Å². The third-order valence-electron chi connectivity index (χ3n) is 3.30. The van der Waals surface area contributed by atoms with Crippen molar-refractivity contribution in [2.45, 2.75) is 19.4 Å². The number of nitrogens with two attached hydrogens (primary N) is 1. The molecule has 5 nitrogen and oxygen atoms in total. The molecule has 2 N–H and O–H groups in total. The molecule has 0 aliphatic heterocycles. The molecular weight excluding hydrogens is 270 g/mol. The van der Waals surface area contributed by atoms with Gasteiger partial charge >= 0.3 is 0 Å². The molecule has 0 saturated carbocycles. The van der Waals surface area contributed by atoms with E-state index in [4.69, 9.17) is 11.0 Å². The molecule has 0 saturated heterocycles. The highest BCUT2D eigenvalue weighted by molar-refractivity contribution is 7.09. The number of fused-ring (bicyclic) bond motifs is 1. The summed E-state index contributed by atoms with van der Waals surface area (Å²) >= 11 is 1.60. The number of thiazole rings is 1. The van der Waals surface area contributed by atoms with Gasteiger partial charge in [0.15, 0.2) is 0 Å². The van der Waals surface area contributed by atoms with Gasteiger partial charge in [-0.15, -0.1) is 11.3 Å². The number of anilines is 1. The van der Waals surface area contributed by atoms with E-state index >= 15 is 0 Å². The third kappa shape index (κ3) is 1.84. The fourth-order valence-corrected chi connectivity index (χ4v) is 3.23. The predicted octanol–water partition coefficient (Wildman–Crippen LogP) is 2.95. The molecule has 2 heterocycles. The topological polar surface area (TPSA) is 80.5 Å². The number of aromatic nitrogens is 3. The van der Waals surface area contributed by atoms with Crippen molar-refractivity contribution in [3.05, 3.63) is 40.3 Å². The van der Waals surface area contributed by atoms with Gasteiger partial charge in [0.1, 0.15) is 16.6 Å². The van der Waals surface area contributed by atoms with E-state index in [1.807, 2.05) is 22.1 Å². The molecule has 6 heteroatoms. The summed E-state index contributed by atoms with van der Waals surface area (Å²) in [5, 5.41) is 12.1. The highest BCUT2D eigenvalue weighted by Crippen LogP contribution is 2.31. The Bertz CT molecular complexity index is 782. The average Bonchev–Trinajstić information content (AvgIpc) is 3.08. The first-order valence-corrected chi connectivity index (χ1v) is 7.20. The van der Waals surface area contributed by atoms with Crippen molar-refractivity contribution in [2.24, 2.45) is 0 Å². The Hall–Kier alpha value is -2.39. The number of para-hydroxylation sites is 1. The number of nitriles is 1. The van der Waals surface area contributed by atoms with E-state index in [1.54, 1.807) is 23.6 Å². The van der Waals surface area contributed by atoms with Crippen LogP contribution in [0.5, 0.6) is 0 Å². The van der Waals surface area contributed by atoms with E-state index in [2.05, 4.69) is 23.0 Å². The van der Waals surface area contributed by atoms with Gasteiger partial charge in [0, 0.05) is 11.6 Å². The smallest absolute Gasteiger partial charge is 0.201 e. The summed E-state index contributed by atoms with van der Waals surface area (Å²) in [5.41, 5.74) is 8.16. The molecule has 0 spiro atoms. The summed E-state index contributed by atoms with van der Waals surface area (Å²) in [6.45, 7) is 2.09. The van der Waals surface area contributed by atoms with Crippen LogP contribution in [0.4, 0.5) is 5.95 Å². The second-order valence-electron chi connectivity index (χ2n) is 4.42. The number of rotatable bonds is 3. The van der Waals surface area contributed by atoms with Crippen LogP contribution < -0.4 is 5.73 Å². The molecule has 1 atom stereocenters. The van der Waals surface area contributed by atoms with Crippen LogP contribution in [0.3, 0.4) is 0 Å². The van der Waals surface area contributed by atoms with Gasteiger partial charge in [-0.3, -0.25) is 0 Å². The van der Waals surface area contributed by atoms with Gasteiger partial charge in [0.2, 0.25) is 5.95 Å². The maximum absolute atomic E-state index is 9.17. The second-order valence-corrected chi connectivity index (χ2v) is 5.35. The van der Waals surface area contributed by atoms with Gasteiger partial charge in [0.25, 0.3) is 0 Å². The number of benzene rings is 1. The SMILES string of the molecule is CCC(c1nccs1)n1c(N)nc2c(C#N)cccc21. The van der Waals surface area contributed by atoms with E-state index in [9.17, 15) is 0 Å². The molecule has 20 heavy (non-hydrogen) atoms. The lowest BCUT2D eigenvalue weighted by Crippen LogP contribution is -2.12. The van der Waals surface area contributed by atoms with Crippen molar-refractivity contribution in [3.8, 4) is 6.07 Å². The molecule has 0 radical (unpaired) electrons. The van der Waals surface area contributed by atoms with Crippen LogP contribution in [0.2, 0.25) is 0 Å². The first kappa shape index (κ1) is 12.6. The molecular formula is C14H13N5S. The Balaban J connectivity index is 2.26. The Labute approximate surface area is 120 Å². The van der Waals surface area contributed by atoms with Crippen LogP contribution in [0.1, 0.15) is 30.0 Å².